The Hall–Kier alpha value is -1.36. The molecule has 0 radical (unpaired) electrons. The zero-order chi connectivity index (χ0) is 17.9. The molecule has 5 nitrogen and oxygen atoms in total. The van der Waals surface area contributed by atoms with Crippen molar-refractivity contribution in [3.05, 3.63) is 11.6 Å². The molecule has 0 rings (SSSR count). The Morgan fingerprint density at radius 3 is 2.09 bits per heavy atom. The van der Waals surface area contributed by atoms with Crippen LogP contribution >= 0.6 is 0 Å². The maximum absolute atomic E-state index is 12.3. The molecule has 0 saturated heterocycles. The monoisotopic (exact) mass is 328 g/mol. The summed E-state index contributed by atoms with van der Waals surface area (Å²) in [4.78, 5) is 24.3. The first-order valence-electron chi connectivity index (χ1n) is 8.48. The normalized spacial score (nSPS) is 13.6. The van der Waals surface area contributed by atoms with Crippen molar-refractivity contribution in [3.8, 4) is 0 Å². The quantitative estimate of drug-likeness (QED) is 0.357. The van der Waals surface area contributed by atoms with E-state index in [1.807, 2.05) is 27.7 Å². The molecule has 0 heterocycles. The van der Waals surface area contributed by atoms with Gasteiger partial charge in [-0.15, -0.1) is 0 Å². The Morgan fingerprint density at radius 2 is 1.61 bits per heavy atom. The lowest BCUT2D eigenvalue weighted by molar-refractivity contribution is -0.142. The van der Waals surface area contributed by atoms with Crippen molar-refractivity contribution < 1.29 is 24.2 Å². The van der Waals surface area contributed by atoms with Gasteiger partial charge in [0, 0.05) is 6.08 Å². The van der Waals surface area contributed by atoms with Crippen LogP contribution in [0.3, 0.4) is 0 Å². The highest BCUT2D eigenvalue weighted by Gasteiger charge is 2.32. The van der Waals surface area contributed by atoms with Crippen LogP contribution < -0.4 is 0 Å². The van der Waals surface area contributed by atoms with E-state index < -0.39 is 23.5 Å². The van der Waals surface area contributed by atoms with Gasteiger partial charge in [-0.2, -0.15) is 0 Å². The highest BCUT2D eigenvalue weighted by molar-refractivity contribution is 5.97. The maximum Gasteiger partial charge on any atom is 0.334 e. The van der Waals surface area contributed by atoms with Crippen LogP contribution in [-0.4, -0.2) is 36.4 Å². The minimum absolute atomic E-state index is 0.246. The molecule has 0 aromatic heterocycles. The van der Waals surface area contributed by atoms with Gasteiger partial charge in [-0.25, -0.2) is 9.59 Å². The largest absolute Gasteiger partial charge is 0.463 e. The van der Waals surface area contributed by atoms with Crippen LogP contribution in [0.5, 0.6) is 0 Å². The Morgan fingerprint density at radius 1 is 1.09 bits per heavy atom. The van der Waals surface area contributed by atoms with Crippen LogP contribution in [0.15, 0.2) is 11.6 Å². The molecule has 0 bridgehead atoms. The van der Waals surface area contributed by atoms with Crippen molar-refractivity contribution in [1.29, 1.82) is 0 Å². The standard InChI is InChI=1S/C18H32O5/c1-6-8-10-22-16(20)12-15(17(21)23-11-9-7-2)18(4,5)13-14(3)19/h12,14,19H,6-11,13H2,1-5H3/b15-12+. The second-order valence-corrected chi connectivity index (χ2v) is 6.51. The first-order valence-corrected chi connectivity index (χ1v) is 8.48. The highest BCUT2D eigenvalue weighted by Crippen LogP contribution is 2.32. The van der Waals surface area contributed by atoms with Gasteiger partial charge < -0.3 is 14.6 Å². The van der Waals surface area contributed by atoms with Crippen LogP contribution in [0.25, 0.3) is 0 Å². The van der Waals surface area contributed by atoms with E-state index in [4.69, 9.17) is 9.47 Å². The molecule has 0 spiro atoms. The van der Waals surface area contributed by atoms with Gasteiger partial charge in [-0.1, -0.05) is 40.5 Å². The minimum Gasteiger partial charge on any atom is -0.463 e. The topological polar surface area (TPSA) is 72.8 Å². The molecule has 0 fully saturated rings. The third-order valence-electron chi connectivity index (χ3n) is 3.49. The lowest BCUT2D eigenvalue weighted by atomic mass is 9.79. The summed E-state index contributed by atoms with van der Waals surface area (Å²) in [6.45, 7) is 9.95. The second kappa shape index (κ2) is 11.2. The fourth-order valence-electron chi connectivity index (χ4n) is 2.24. The maximum atomic E-state index is 12.3. The molecule has 0 aromatic carbocycles. The van der Waals surface area contributed by atoms with E-state index in [9.17, 15) is 14.7 Å². The molecule has 1 unspecified atom stereocenters. The van der Waals surface area contributed by atoms with Crippen molar-refractivity contribution >= 4 is 11.9 Å². The molecule has 5 heteroatoms. The van der Waals surface area contributed by atoms with Crippen molar-refractivity contribution in [1.82, 2.24) is 0 Å². The molecule has 0 saturated carbocycles. The number of hydrogen-bond donors (Lipinski definition) is 1. The Kier molecular flexibility index (Phi) is 10.6. The average Bonchev–Trinajstić information content (AvgIpc) is 2.43. The predicted octanol–water partition coefficient (Wildman–Crippen LogP) is 3.40. The summed E-state index contributed by atoms with van der Waals surface area (Å²) < 4.78 is 10.3. The number of carbonyl (C=O) groups is 2. The second-order valence-electron chi connectivity index (χ2n) is 6.51. The molecule has 0 aliphatic rings. The van der Waals surface area contributed by atoms with Crippen LogP contribution in [0.2, 0.25) is 0 Å². The van der Waals surface area contributed by atoms with Crippen LogP contribution in [0.1, 0.15) is 66.7 Å². The molecule has 134 valence electrons. The SMILES string of the molecule is CCCCOC(=O)/C=C(\C(=O)OCCCC)C(C)(C)CC(C)O. The molecule has 23 heavy (non-hydrogen) atoms. The summed E-state index contributed by atoms with van der Waals surface area (Å²) in [5.41, 5.74) is -0.433. The summed E-state index contributed by atoms with van der Waals surface area (Å²) >= 11 is 0. The van der Waals surface area contributed by atoms with E-state index in [1.54, 1.807) is 6.92 Å². The summed E-state index contributed by atoms with van der Waals surface area (Å²) in [5.74, 6) is -1.06. The number of esters is 2. The average molecular weight is 328 g/mol. The first-order chi connectivity index (χ1) is 10.7. The number of carbonyl (C=O) groups excluding carboxylic acids is 2. The van der Waals surface area contributed by atoms with Gasteiger partial charge in [0.1, 0.15) is 0 Å². The van der Waals surface area contributed by atoms with Gasteiger partial charge in [-0.05, 0) is 31.6 Å². The van der Waals surface area contributed by atoms with Crippen molar-refractivity contribution in [3.63, 3.8) is 0 Å². The van der Waals surface area contributed by atoms with Crippen molar-refractivity contribution in [2.45, 2.75) is 72.8 Å². The lowest BCUT2D eigenvalue weighted by Gasteiger charge is -2.28. The van der Waals surface area contributed by atoms with E-state index in [1.165, 1.54) is 6.08 Å². The number of ether oxygens (including phenoxy) is 2. The van der Waals surface area contributed by atoms with Gasteiger partial charge in [0.15, 0.2) is 0 Å². The lowest BCUT2D eigenvalue weighted by Crippen LogP contribution is -2.28. The Labute approximate surface area is 140 Å². The van der Waals surface area contributed by atoms with E-state index in [0.29, 0.717) is 19.6 Å². The molecular formula is C18H32O5. The number of rotatable bonds is 11. The minimum atomic E-state index is -0.679. The van der Waals surface area contributed by atoms with Gasteiger partial charge in [0.25, 0.3) is 0 Å². The Bertz CT molecular complexity index is 396. The van der Waals surface area contributed by atoms with Crippen molar-refractivity contribution in [2.75, 3.05) is 13.2 Å². The summed E-state index contributed by atoms with van der Waals surface area (Å²) in [7, 11) is 0. The smallest absolute Gasteiger partial charge is 0.334 e. The molecule has 0 aromatic rings. The predicted molar refractivity (Wildman–Crippen MR) is 89.9 cm³/mol. The van der Waals surface area contributed by atoms with E-state index in [0.717, 1.165) is 25.7 Å². The molecular weight excluding hydrogens is 296 g/mol. The van der Waals surface area contributed by atoms with Gasteiger partial charge in [0.05, 0.1) is 24.9 Å². The summed E-state index contributed by atoms with van der Waals surface area (Å²) in [5, 5.41) is 9.64. The third-order valence-corrected chi connectivity index (χ3v) is 3.49. The molecule has 0 amide bonds. The van der Waals surface area contributed by atoms with Crippen LogP contribution in [-0.2, 0) is 19.1 Å². The van der Waals surface area contributed by atoms with Crippen molar-refractivity contribution in [2.24, 2.45) is 5.41 Å². The fraction of sp³-hybridized carbons (Fsp3) is 0.778. The molecule has 0 aliphatic carbocycles. The molecule has 1 N–H and O–H groups in total. The molecule has 1 atom stereocenters. The zero-order valence-electron chi connectivity index (χ0n) is 15.2. The van der Waals surface area contributed by atoms with Gasteiger partial charge >= 0.3 is 11.9 Å². The number of aliphatic hydroxyl groups excluding tert-OH is 1. The highest BCUT2D eigenvalue weighted by atomic mass is 16.5. The first kappa shape index (κ1) is 21.6. The fourth-order valence-corrected chi connectivity index (χ4v) is 2.24. The third kappa shape index (κ3) is 9.39. The number of aliphatic hydroxyl groups is 1. The van der Waals surface area contributed by atoms with Gasteiger partial charge in [-0.3, -0.25) is 0 Å². The van der Waals surface area contributed by atoms with Gasteiger partial charge in [0.2, 0.25) is 0 Å². The van der Waals surface area contributed by atoms with E-state index >= 15 is 0 Å². The number of hydrogen-bond acceptors (Lipinski definition) is 5. The number of unbranched alkanes of at least 4 members (excludes halogenated alkanes) is 2. The molecule has 0 aliphatic heterocycles. The van der Waals surface area contributed by atoms with E-state index in [-0.39, 0.29) is 5.57 Å². The Balaban J connectivity index is 5.12. The van der Waals surface area contributed by atoms with Crippen LogP contribution in [0, 0.1) is 5.41 Å². The summed E-state index contributed by atoms with van der Waals surface area (Å²) in [6.07, 6.45) is 4.38. The summed E-state index contributed by atoms with van der Waals surface area (Å²) in [6, 6.07) is 0. The van der Waals surface area contributed by atoms with E-state index in [2.05, 4.69) is 0 Å². The van der Waals surface area contributed by atoms with Crippen LogP contribution in [0.4, 0.5) is 0 Å². The zero-order valence-corrected chi connectivity index (χ0v) is 15.2.